The fraction of sp³-hybridized carbons (Fsp3) is 0.571. The summed E-state index contributed by atoms with van der Waals surface area (Å²) in [7, 11) is -1.45. The average molecular weight is 285 g/mol. The lowest BCUT2D eigenvalue weighted by atomic mass is 9.97. The van der Waals surface area contributed by atoms with Crippen molar-refractivity contribution in [3.8, 4) is 0 Å². The maximum Gasteiger partial charge on any atom is 0.155 e. The highest BCUT2D eigenvalue weighted by Gasteiger charge is 2.36. The summed E-state index contributed by atoms with van der Waals surface area (Å²) in [5, 5.41) is 2.47. The molecule has 1 saturated heterocycles. The molecule has 0 radical (unpaired) electrons. The second-order valence-electron chi connectivity index (χ2n) is 5.19. The fourth-order valence-electron chi connectivity index (χ4n) is 2.80. The van der Waals surface area contributed by atoms with Crippen LogP contribution in [0.25, 0.3) is 0 Å². The average Bonchev–Trinajstić information content (AvgIpc) is 2.36. The van der Waals surface area contributed by atoms with Crippen LogP contribution in [0.5, 0.6) is 0 Å². The van der Waals surface area contributed by atoms with Crippen molar-refractivity contribution in [3.63, 3.8) is 0 Å². The van der Waals surface area contributed by atoms with Gasteiger partial charge in [0.25, 0.3) is 0 Å². The van der Waals surface area contributed by atoms with Crippen molar-refractivity contribution in [2.75, 3.05) is 12.8 Å². The molecule has 1 N–H and O–H groups in total. The lowest BCUT2D eigenvalue weighted by Crippen LogP contribution is -2.39. The second kappa shape index (κ2) is 5.59. The normalized spacial score (nSPS) is 24.1. The van der Waals surface area contributed by atoms with Crippen LogP contribution in [0.1, 0.15) is 36.4 Å². The van der Waals surface area contributed by atoms with E-state index in [9.17, 15) is 12.8 Å². The molecule has 1 heterocycles. The number of hydrogen-bond acceptors (Lipinski definition) is 3. The number of aryl methyl sites for hydroxylation is 1. The molecule has 0 saturated carbocycles. The summed E-state index contributed by atoms with van der Waals surface area (Å²) < 4.78 is 38.4. The van der Waals surface area contributed by atoms with E-state index in [0.717, 1.165) is 12.0 Å². The van der Waals surface area contributed by atoms with E-state index in [1.54, 1.807) is 19.2 Å². The van der Waals surface area contributed by atoms with Crippen molar-refractivity contribution in [1.82, 2.24) is 5.32 Å². The molecule has 3 nitrogen and oxygen atoms in total. The molecule has 19 heavy (non-hydrogen) atoms. The molecule has 0 spiro atoms. The van der Waals surface area contributed by atoms with E-state index in [-0.39, 0.29) is 11.6 Å². The monoisotopic (exact) mass is 285 g/mol. The SMILES string of the molecule is CNC(c1cc(C)ccc1F)C1CCCCS1(=O)=O. The summed E-state index contributed by atoms with van der Waals surface area (Å²) in [6, 6.07) is 4.37. The Kier molecular flexibility index (Phi) is 4.26. The van der Waals surface area contributed by atoms with E-state index in [1.807, 2.05) is 6.92 Å². The quantitative estimate of drug-likeness (QED) is 0.927. The van der Waals surface area contributed by atoms with Gasteiger partial charge in [-0.15, -0.1) is 0 Å². The van der Waals surface area contributed by atoms with Gasteiger partial charge in [0.2, 0.25) is 0 Å². The Morgan fingerprint density at radius 3 is 2.74 bits per heavy atom. The Hall–Kier alpha value is -0.940. The van der Waals surface area contributed by atoms with E-state index in [4.69, 9.17) is 0 Å². The highest BCUT2D eigenvalue weighted by molar-refractivity contribution is 7.92. The Labute approximate surface area is 114 Å². The van der Waals surface area contributed by atoms with Gasteiger partial charge in [0.15, 0.2) is 9.84 Å². The van der Waals surface area contributed by atoms with Gasteiger partial charge in [0, 0.05) is 5.56 Å². The van der Waals surface area contributed by atoms with Gasteiger partial charge < -0.3 is 5.32 Å². The molecular weight excluding hydrogens is 265 g/mol. The van der Waals surface area contributed by atoms with Gasteiger partial charge in [0.05, 0.1) is 17.0 Å². The molecule has 1 aliphatic heterocycles. The van der Waals surface area contributed by atoms with Gasteiger partial charge in [0.1, 0.15) is 5.82 Å². The fourth-order valence-corrected chi connectivity index (χ4v) is 4.93. The zero-order chi connectivity index (χ0) is 14.0. The van der Waals surface area contributed by atoms with Crippen LogP contribution in [0.4, 0.5) is 4.39 Å². The maximum absolute atomic E-state index is 14.0. The number of benzene rings is 1. The summed E-state index contributed by atoms with van der Waals surface area (Å²) in [6.45, 7) is 1.88. The van der Waals surface area contributed by atoms with Crippen LogP contribution < -0.4 is 5.32 Å². The molecular formula is C14H20FNO2S. The minimum atomic E-state index is -3.14. The van der Waals surface area contributed by atoms with Crippen molar-refractivity contribution in [2.24, 2.45) is 0 Å². The van der Waals surface area contributed by atoms with E-state index < -0.39 is 21.1 Å². The molecule has 0 aliphatic carbocycles. The van der Waals surface area contributed by atoms with E-state index >= 15 is 0 Å². The first-order valence-electron chi connectivity index (χ1n) is 6.60. The molecule has 2 rings (SSSR count). The third-order valence-corrected chi connectivity index (χ3v) is 6.09. The van der Waals surface area contributed by atoms with Gasteiger partial charge in [-0.1, -0.05) is 24.1 Å². The Morgan fingerprint density at radius 1 is 1.37 bits per heavy atom. The van der Waals surface area contributed by atoms with Gasteiger partial charge in [-0.25, -0.2) is 12.8 Å². The zero-order valence-electron chi connectivity index (χ0n) is 11.3. The molecule has 0 amide bonds. The Morgan fingerprint density at radius 2 is 2.11 bits per heavy atom. The van der Waals surface area contributed by atoms with Crippen molar-refractivity contribution in [2.45, 2.75) is 37.5 Å². The number of hydrogen-bond donors (Lipinski definition) is 1. The topological polar surface area (TPSA) is 46.2 Å². The van der Waals surface area contributed by atoms with Crippen LogP contribution >= 0.6 is 0 Å². The number of sulfone groups is 1. The maximum atomic E-state index is 14.0. The number of halogens is 1. The lowest BCUT2D eigenvalue weighted by molar-refractivity contribution is 0.454. The summed E-state index contributed by atoms with van der Waals surface area (Å²) in [6.07, 6.45) is 2.20. The smallest absolute Gasteiger partial charge is 0.155 e. The minimum Gasteiger partial charge on any atom is -0.312 e. The predicted molar refractivity (Wildman–Crippen MR) is 74.4 cm³/mol. The van der Waals surface area contributed by atoms with Gasteiger partial charge in [-0.05, 0) is 32.9 Å². The first-order valence-corrected chi connectivity index (χ1v) is 8.32. The largest absolute Gasteiger partial charge is 0.312 e. The third-order valence-electron chi connectivity index (χ3n) is 3.80. The molecule has 1 fully saturated rings. The molecule has 5 heteroatoms. The molecule has 0 bridgehead atoms. The van der Waals surface area contributed by atoms with Crippen molar-refractivity contribution in [3.05, 3.63) is 35.1 Å². The second-order valence-corrected chi connectivity index (χ2v) is 7.53. The highest BCUT2D eigenvalue weighted by Crippen LogP contribution is 2.32. The molecule has 106 valence electrons. The van der Waals surface area contributed by atoms with Gasteiger partial charge in [-0.2, -0.15) is 0 Å². The predicted octanol–water partition coefficient (Wildman–Crippen LogP) is 2.36. The van der Waals surface area contributed by atoms with E-state index in [1.165, 1.54) is 6.07 Å². The van der Waals surface area contributed by atoms with Crippen LogP contribution in [0.3, 0.4) is 0 Å². The lowest BCUT2D eigenvalue weighted by Gasteiger charge is -2.30. The van der Waals surface area contributed by atoms with Crippen LogP contribution in [0.15, 0.2) is 18.2 Å². The standard InChI is InChI=1S/C14H20FNO2S/c1-10-6-7-12(15)11(9-10)14(16-2)13-5-3-4-8-19(13,17)18/h6-7,9,13-14,16H,3-5,8H2,1-2H3. The number of nitrogens with one attached hydrogen (secondary N) is 1. The van der Waals surface area contributed by atoms with Crippen LogP contribution in [0, 0.1) is 12.7 Å². The van der Waals surface area contributed by atoms with Crippen molar-refractivity contribution in [1.29, 1.82) is 0 Å². The third kappa shape index (κ3) is 2.98. The van der Waals surface area contributed by atoms with Crippen molar-refractivity contribution >= 4 is 9.84 Å². The van der Waals surface area contributed by atoms with Crippen LogP contribution in [0.2, 0.25) is 0 Å². The highest BCUT2D eigenvalue weighted by atomic mass is 32.2. The number of rotatable bonds is 3. The first-order chi connectivity index (χ1) is 8.95. The first kappa shape index (κ1) is 14.5. The molecule has 1 aliphatic rings. The van der Waals surface area contributed by atoms with E-state index in [0.29, 0.717) is 18.4 Å². The summed E-state index contributed by atoms with van der Waals surface area (Å²) in [5.41, 5.74) is 1.39. The molecule has 1 aromatic rings. The zero-order valence-corrected chi connectivity index (χ0v) is 12.1. The van der Waals surface area contributed by atoms with E-state index in [2.05, 4.69) is 5.32 Å². The van der Waals surface area contributed by atoms with Crippen LogP contribution in [-0.4, -0.2) is 26.5 Å². The van der Waals surface area contributed by atoms with Gasteiger partial charge >= 0.3 is 0 Å². The molecule has 0 aromatic heterocycles. The van der Waals surface area contributed by atoms with Crippen LogP contribution in [-0.2, 0) is 9.84 Å². The summed E-state index contributed by atoms with van der Waals surface area (Å²) in [5.74, 6) is -0.130. The summed E-state index contributed by atoms with van der Waals surface area (Å²) >= 11 is 0. The molecule has 2 unspecified atom stereocenters. The van der Waals surface area contributed by atoms with Gasteiger partial charge in [-0.3, -0.25) is 0 Å². The Bertz CT molecular complexity index is 557. The summed E-state index contributed by atoms with van der Waals surface area (Å²) in [4.78, 5) is 0. The molecule has 2 atom stereocenters. The minimum absolute atomic E-state index is 0.212. The Balaban J connectivity index is 2.41. The van der Waals surface area contributed by atoms with Crippen molar-refractivity contribution < 1.29 is 12.8 Å². The molecule has 1 aromatic carbocycles.